The SMILES string of the molecule is C/C(=C(\C=C(/C)C1CCNC1)c1ccc(C#N)c(F)c1)c1ccc2c(c1)=CN=2. The second kappa shape index (κ2) is 7.53. The molecule has 4 heteroatoms. The zero-order valence-electron chi connectivity index (χ0n) is 16.1. The van der Waals surface area contributed by atoms with Crippen LogP contribution in [-0.2, 0) is 0 Å². The highest BCUT2D eigenvalue weighted by Gasteiger charge is 2.18. The summed E-state index contributed by atoms with van der Waals surface area (Å²) < 4.78 is 14.3. The van der Waals surface area contributed by atoms with Crippen molar-refractivity contribution in [3.63, 3.8) is 0 Å². The van der Waals surface area contributed by atoms with Crippen LogP contribution in [0.1, 0.15) is 37.0 Å². The Morgan fingerprint density at radius 2 is 2.04 bits per heavy atom. The number of nitrogens with one attached hydrogen (secondary N) is 1. The van der Waals surface area contributed by atoms with Gasteiger partial charge in [0.1, 0.15) is 11.9 Å². The second-order valence-corrected chi connectivity index (χ2v) is 7.45. The molecule has 2 heterocycles. The van der Waals surface area contributed by atoms with Crippen LogP contribution in [0.2, 0.25) is 0 Å². The van der Waals surface area contributed by atoms with Crippen molar-refractivity contribution in [1.82, 2.24) is 5.32 Å². The van der Waals surface area contributed by atoms with Gasteiger partial charge in [0.2, 0.25) is 0 Å². The van der Waals surface area contributed by atoms with Crippen molar-refractivity contribution in [3.05, 3.63) is 81.1 Å². The number of hydrogen-bond acceptors (Lipinski definition) is 3. The molecule has 1 fully saturated rings. The summed E-state index contributed by atoms with van der Waals surface area (Å²) in [6.45, 7) is 6.23. The van der Waals surface area contributed by atoms with Crippen molar-refractivity contribution in [2.24, 2.45) is 10.9 Å². The van der Waals surface area contributed by atoms with Crippen LogP contribution < -0.4 is 15.9 Å². The molecule has 3 nitrogen and oxygen atoms in total. The standard InChI is InChI=1S/C24H22FN3/c1-15(20-7-8-27-13-20)9-22(18-3-4-19(12-26)23(25)11-18)16(2)17-5-6-24-21(10-17)14-28-24/h3-6,9-11,14,20,27H,7-8,13H2,1-2H3/b15-9+,22-16-. The first-order valence-corrected chi connectivity index (χ1v) is 9.55. The predicted molar refractivity (Wildman–Crippen MR) is 110 cm³/mol. The molecule has 0 amide bonds. The Balaban J connectivity index is 1.85. The average molecular weight is 371 g/mol. The van der Waals surface area contributed by atoms with E-state index < -0.39 is 5.82 Å². The quantitative estimate of drug-likeness (QED) is 0.660. The molecule has 2 aromatic carbocycles. The summed E-state index contributed by atoms with van der Waals surface area (Å²) in [6, 6.07) is 13.0. The van der Waals surface area contributed by atoms with Gasteiger partial charge in [-0.05, 0) is 79.3 Å². The molecule has 0 spiro atoms. The number of halogens is 1. The van der Waals surface area contributed by atoms with Crippen molar-refractivity contribution in [1.29, 1.82) is 5.26 Å². The number of nitrogens with zero attached hydrogens (tertiary/aromatic N) is 2. The molecule has 1 unspecified atom stereocenters. The van der Waals surface area contributed by atoms with Gasteiger partial charge in [0, 0.05) is 18.0 Å². The third-order valence-electron chi connectivity index (χ3n) is 5.68. The molecule has 140 valence electrons. The van der Waals surface area contributed by atoms with Crippen LogP contribution in [0.3, 0.4) is 0 Å². The first-order valence-electron chi connectivity index (χ1n) is 9.55. The summed E-state index contributed by atoms with van der Waals surface area (Å²) >= 11 is 0. The lowest BCUT2D eigenvalue weighted by Crippen LogP contribution is -2.30. The third kappa shape index (κ3) is 3.42. The van der Waals surface area contributed by atoms with E-state index in [1.807, 2.05) is 24.4 Å². The van der Waals surface area contributed by atoms with Crippen LogP contribution in [0.15, 0.2) is 53.0 Å². The van der Waals surface area contributed by atoms with Crippen LogP contribution in [0.5, 0.6) is 0 Å². The molecule has 1 saturated heterocycles. The van der Waals surface area contributed by atoms with Gasteiger partial charge in [0.05, 0.1) is 10.9 Å². The van der Waals surface area contributed by atoms with Crippen LogP contribution in [0.4, 0.5) is 4.39 Å². The van der Waals surface area contributed by atoms with Crippen molar-refractivity contribution >= 4 is 17.3 Å². The maximum Gasteiger partial charge on any atom is 0.141 e. The fourth-order valence-corrected chi connectivity index (χ4v) is 3.81. The fraction of sp³-hybridized carbons (Fsp3) is 0.250. The molecule has 2 aliphatic rings. The Hall–Kier alpha value is -3.03. The van der Waals surface area contributed by atoms with E-state index >= 15 is 0 Å². The predicted octanol–water partition coefficient (Wildman–Crippen LogP) is 3.56. The van der Waals surface area contributed by atoms with E-state index in [9.17, 15) is 4.39 Å². The topological polar surface area (TPSA) is 48.2 Å². The Morgan fingerprint density at radius 1 is 1.21 bits per heavy atom. The van der Waals surface area contributed by atoms with E-state index in [0.29, 0.717) is 5.92 Å². The van der Waals surface area contributed by atoms with Crippen LogP contribution in [0.25, 0.3) is 17.3 Å². The van der Waals surface area contributed by atoms with E-state index in [0.717, 1.165) is 52.4 Å². The van der Waals surface area contributed by atoms with Crippen LogP contribution in [0, 0.1) is 23.1 Å². The number of benzene rings is 2. The molecular formula is C24H22FN3. The maximum absolute atomic E-state index is 14.3. The van der Waals surface area contributed by atoms with Crippen molar-refractivity contribution in [2.75, 3.05) is 13.1 Å². The maximum atomic E-state index is 14.3. The van der Waals surface area contributed by atoms with E-state index in [1.54, 1.807) is 6.07 Å². The van der Waals surface area contributed by atoms with Gasteiger partial charge in [0.25, 0.3) is 0 Å². The van der Waals surface area contributed by atoms with Crippen molar-refractivity contribution in [3.8, 4) is 6.07 Å². The monoisotopic (exact) mass is 371 g/mol. The molecule has 28 heavy (non-hydrogen) atoms. The Kier molecular flexibility index (Phi) is 4.93. The highest BCUT2D eigenvalue weighted by molar-refractivity contribution is 5.95. The van der Waals surface area contributed by atoms with Gasteiger partial charge in [-0.3, -0.25) is 4.99 Å². The zero-order valence-corrected chi connectivity index (χ0v) is 16.1. The lowest BCUT2D eigenvalue weighted by atomic mass is 9.90. The Morgan fingerprint density at radius 3 is 2.64 bits per heavy atom. The van der Waals surface area contributed by atoms with Gasteiger partial charge in [-0.2, -0.15) is 5.26 Å². The van der Waals surface area contributed by atoms with Crippen molar-refractivity contribution < 1.29 is 4.39 Å². The van der Waals surface area contributed by atoms with Gasteiger partial charge < -0.3 is 5.32 Å². The molecule has 0 radical (unpaired) electrons. The molecule has 1 atom stereocenters. The highest BCUT2D eigenvalue weighted by atomic mass is 19.1. The Labute approximate surface area is 164 Å². The summed E-state index contributed by atoms with van der Waals surface area (Å²) in [5.74, 6) is 0.0122. The Bertz CT molecular complexity index is 1160. The minimum atomic E-state index is -0.483. The third-order valence-corrected chi connectivity index (χ3v) is 5.68. The largest absolute Gasteiger partial charge is 0.316 e. The first kappa shape index (κ1) is 18.3. The number of hydrogen-bond donors (Lipinski definition) is 1. The summed E-state index contributed by atoms with van der Waals surface area (Å²) in [5.41, 5.74) is 5.31. The molecule has 2 aliphatic heterocycles. The summed E-state index contributed by atoms with van der Waals surface area (Å²) in [6.07, 6.45) is 5.16. The lowest BCUT2D eigenvalue weighted by molar-refractivity contribution is 0.623. The number of nitriles is 1. The van der Waals surface area contributed by atoms with Gasteiger partial charge >= 0.3 is 0 Å². The zero-order chi connectivity index (χ0) is 19.7. The van der Waals surface area contributed by atoms with Crippen molar-refractivity contribution in [2.45, 2.75) is 20.3 Å². The van der Waals surface area contributed by atoms with E-state index in [4.69, 9.17) is 5.26 Å². The second-order valence-electron chi connectivity index (χ2n) is 7.45. The normalized spacial score (nSPS) is 18.9. The van der Waals surface area contributed by atoms with Crippen LogP contribution >= 0.6 is 0 Å². The molecule has 0 aromatic heterocycles. The minimum Gasteiger partial charge on any atom is -0.316 e. The molecule has 4 rings (SSSR count). The molecule has 1 N–H and O–H groups in total. The summed E-state index contributed by atoms with van der Waals surface area (Å²) in [4.78, 5) is 4.23. The van der Waals surface area contributed by atoms with E-state index in [2.05, 4.69) is 42.4 Å². The lowest BCUT2D eigenvalue weighted by Gasteiger charge is -2.15. The van der Waals surface area contributed by atoms with Crippen LogP contribution in [-0.4, -0.2) is 13.1 Å². The fourth-order valence-electron chi connectivity index (χ4n) is 3.81. The molecular weight excluding hydrogens is 349 g/mol. The minimum absolute atomic E-state index is 0.0682. The summed E-state index contributed by atoms with van der Waals surface area (Å²) in [7, 11) is 0. The first-order chi connectivity index (χ1) is 13.6. The summed E-state index contributed by atoms with van der Waals surface area (Å²) in [5, 5.41) is 14.6. The molecule has 0 aliphatic carbocycles. The number of fused-ring (bicyclic) bond motifs is 1. The highest BCUT2D eigenvalue weighted by Crippen LogP contribution is 2.31. The van der Waals surface area contributed by atoms with Gasteiger partial charge in [-0.1, -0.05) is 23.8 Å². The molecule has 2 aromatic rings. The van der Waals surface area contributed by atoms with E-state index in [1.165, 1.54) is 11.6 Å². The number of rotatable bonds is 4. The van der Waals surface area contributed by atoms with Gasteiger partial charge in [0.15, 0.2) is 0 Å². The average Bonchev–Trinajstić information content (AvgIpc) is 3.21. The van der Waals surface area contributed by atoms with Gasteiger partial charge in [-0.25, -0.2) is 4.39 Å². The van der Waals surface area contributed by atoms with E-state index in [-0.39, 0.29) is 5.56 Å². The molecule has 0 bridgehead atoms. The van der Waals surface area contributed by atoms with Gasteiger partial charge in [-0.15, -0.1) is 0 Å². The molecule has 0 saturated carbocycles. The number of allylic oxidation sites excluding steroid dienone is 3. The smallest absolute Gasteiger partial charge is 0.141 e.